The van der Waals surface area contributed by atoms with E-state index >= 15 is 0 Å². The lowest BCUT2D eigenvalue weighted by molar-refractivity contribution is 0.596. The molecule has 0 radical (unpaired) electrons. The van der Waals surface area contributed by atoms with E-state index in [0.717, 1.165) is 0 Å². The maximum Gasteiger partial charge on any atom is 0.181 e. The van der Waals surface area contributed by atoms with E-state index in [-0.39, 0.29) is 10.6 Å². The molecular formula is C8H12N2O2S. The van der Waals surface area contributed by atoms with Crippen LogP contribution < -0.4 is 0 Å². The summed E-state index contributed by atoms with van der Waals surface area (Å²) in [4.78, 5) is 8.04. The molecule has 1 aromatic heterocycles. The standard InChI is InChI=1S/C8H12N2O2S/c1-3-8-9-5-7(6-10-8)13(11,12)4-2/h5-6H,3-4H2,1-2H3. The molecule has 72 valence electrons. The van der Waals surface area contributed by atoms with Crippen LogP contribution in [0.25, 0.3) is 0 Å². The number of rotatable bonds is 3. The number of sulfone groups is 1. The smallest absolute Gasteiger partial charge is 0.181 e. The van der Waals surface area contributed by atoms with E-state index in [1.807, 2.05) is 6.92 Å². The van der Waals surface area contributed by atoms with Crippen molar-refractivity contribution < 1.29 is 8.42 Å². The lowest BCUT2D eigenvalue weighted by Gasteiger charge is -2.00. The van der Waals surface area contributed by atoms with Crippen molar-refractivity contribution in [1.82, 2.24) is 9.97 Å². The highest BCUT2D eigenvalue weighted by Gasteiger charge is 2.11. The summed E-state index contributed by atoms with van der Waals surface area (Å²) in [5.41, 5.74) is 0. The van der Waals surface area contributed by atoms with Crippen molar-refractivity contribution in [3.63, 3.8) is 0 Å². The van der Waals surface area contributed by atoms with Gasteiger partial charge in [-0.2, -0.15) is 0 Å². The van der Waals surface area contributed by atoms with Crippen molar-refractivity contribution in [1.29, 1.82) is 0 Å². The molecule has 0 aliphatic carbocycles. The normalized spacial score (nSPS) is 11.5. The Morgan fingerprint density at radius 3 is 2.15 bits per heavy atom. The van der Waals surface area contributed by atoms with Crippen molar-refractivity contribution >= 4 is 9.84 Å². The second-order valence-electron chi connectivity index (χ2n) is 2.59. The van der Waals surface area contributed by atoms with E-state index in [1.54, 1.807) is 6.92 Å². The fraction of sp³-hybridized carbons (Fsp3) is 0.500. The van der Waals surface area contributed by atoms with Crippen LogP contribution in [0.1, 0.15) is 19.7 Å². The van der Waals surface area contributed by atoms with Gasteiger partial charge in [-0.25, -0.2) is 18.4 Å². The van der Waals surface area contributed by atoms with Crippen molar-refractivity contribution in [2.45, 2.75) is 25.2 Å². The highest BCUT2D eigenvalue weighted by Crippen LogP contribution is 2.07. The molecule has 1 aromatic rings. The highest BCUT2D eigenvalue weighted by molar-refractivity contribution is 7.91. The Kier molecular flexibility index (Phi) is 2.98. The third-order valence-corrected chi connectivity index (χ3v) is 3.43. The van der Waals surface area contributed by atoms with Gasteiger partial charge in [-0.15, -0.1) is 0 Å². The lowest BCUT2D eigenvalue weighted by atomic mass is 10.4. The van der Waals surface area contributed by atoms with Gasteiger partial charge in [0.1, 0.15) is 10.7 Å². The number of aromatic nitrogens is 2. The molecule has 0 spiro atoms. The predicted molar refractivity (Wildman–Crippen MR) is 49.1 cm³/mol. The molecule has 13 heavy (non-hydrogen) atoms. The minimum atomic E-state index is -3.15. The molecule has 0 aliphatic rings. The molecule has 0 saturated heterocycles. The number of aryl methyl sites for hydroxylation is 1. The first-order valence-corrected chi connectivity index (χ1v) is 5.79. The van der Waals surface area contributed by atoms with Crippen LogP contribution in [0.3, 0.4) is 0 Å². The summed E-state index contributed by atoms with van der Waals surface area (Å²) in [7, 11) is -3.15. The zero-order valence-corrected chi connectivity index (χ0v) is 8.50. The van der Waals surface area contributed by atoms with Gasteiger partial charge in [0.05, 0.1) is 5.75 Å². The average molecular weight is 200 g/mol. The molecule has 0 aliphatic heterocycles. The first-order valence-electron chi connectivity index (χ1n) is 4.13. The average Bonchev–Trinajstić information content (AvgIpc) is 2.18. The Balaban J connectivity index is 3.06. The van der Waals surface area contributed by atoms with Crippen LogP contribution in [0.5, 0.6) is 0 Å². The van der Waals surface area contributed by atoms with E-state index in [0.29, 0.717) is 12.2 Å². The molecule has 0 amide bonds. The van der Waals surface area contributed by atoms with Gasteiger partial charge in [-0.1, -0.05) is 13.8 Å². The van der Waals surface area contributed by atoms with Crippen LogP contribution >= 0.6 is 0 Å². The highest BCUT2D eigenvalue weighted by atomic mass is 32.2. The van der Waals surface area contributed by atoms with Gasteiger partial charge in [0.15, 0.2) is 9.84 Å². The molecule has 4 nitrogen and oxygen atoms in total. The maximum atomic E-state index is 11.3. The van der Waals surface area contributed by atoms with Crippen molar-refractivity contribution in [2.24, 2.45) is 0 Å². The summed E-state index contributed by atoms with van der Waals surface area (Å²) < 4.78 is 22.6. The zero-order chi connectivity index (χ0) is 9.90. The van der Waals surface area contributed by atoms with E-state index in [9.17, 15) is 8.42 Å². The van der Waals surface area contributed by atoms with Crippen molar-refractivity contribution in [3.05, 3.63) is 18.2 Å². The zero-order valence-electron chi connectivity index (χ0n) is 7.69. The van der Waals surface area contributed by atoms with Gasteiger partial charge in [0.25, 0.3) is 0 Å². The third kappa shape index (κ3) is 2.24. The minimum absolute atomic E-state index is 0.0852. The van der Waals surface area contributed by atoms with Crippen molar-refractivity contribution in [2.75, 3.05) is 5.75 Å². The van der Waals surface area contributed by atoms with Crippen molar-refractivity contribution in [3.8, 4) is 0 Å². The fourth-order valence-electron chi connectivity index (χ4n) is 0.853. The summed E-state index contributed by atoms with van der Waals surface area (Å²) in [6, 6.07) is 0. The Hall–Kier alpha value is -0.970. The number of hydrogen-bond acceptors (Lipinski definition) is 4. The molecule has 0 bridgehead atoms. The summed E-state index contributed by atoms with van der Waals surface area (Å²) >= 11 is 0. The summed E-state index contributed by atoms with van der Waals surface area (Å²) in [6.45, 7) is 3.52. The van der Waals surface area contributed by atoms with Gasteiger partial charge in [0.2, 0.25) is 0 Å². The molecule has 0 saturated carbocycles. The van der Waals surface area contributed by atoms with Crippen LogP contribution in [0.4, 0.5) is 0 Å². The molecule has 0 N–H and O–H groups in total. The molecule has 0 atom stereocenters. The summed E-state index contributed by atoms with van der Waals surface area (Å²) in [5.74, 6) is 0.747. The SMILES string of the molecule is CCc1ncc(S(=O)(=O)CC)cn1. The Morgan fingerprint density at radius 2 is 1.77 bits per heavy atom. The molecular weight excluding hydrogens is 188 g/mol. The van der Waals surface area contributed by atoms with E-state index in [4.69, 9.17) is 0 Å². The van der Waals surface area contributed by atoms with Crippen LogP contribution in [0.15, 0.2) is 17.3 Å². The number of nitrogens with zero attached hydrogens (tertiary/aromatic N) is 2. The van der Waals surface area contributed by atoms with Crippen LogP contribution in [-0.2, 0) is 16.3 Å². The molecule has 1 heterocycles. The molecule has 1 rings (SSSR count). The van der Waals surface area contributed by atoms with Gasteiger partial charge >= 0.3 is 0 Å². The first-order chi connectivity index (χ1) is 6.10. The first kappa shape index (κ1) is 10.1. The van der Waals surface area contributed by atoms with Gasteiger partial charge in [0, 0.05) is 18.8 Å². The quantitative estimate of drug-likeness (QED) is 0.725. The summed E-state index contributed by atoms with van der Waals surface area (Å²) in [5, 5.41) is 0. The van der Waals surface area contributed by atoms with Gasteiger partial charge in [-0.3, -0.25) is 0 Å². The molecule has 0 fully saturated rings. The van der Waals surface area contributed by atoms with Gasteiger partial charge < -0.3 is 0 Å². The van der Waals surface area contributed by atoms with Crippen LogP contribution in [0.2, 0.25) is 0 Å². The predicted octanol–water partition coefficient (Wildman–Crippen LogP) is 0.833. The monoisotopic (exact) mass is 200 g/mol. The van der Waals surface area contributed by atoms with Gasteiger partial charge in [-0.05, 0) is 0 Å². The van der Waals surface area contributed by atoms with Crippen LogP contribution in [-0.4, -0.2) is 24.1 Å². The molecule has 0 unspecified atom stereocenters. The Labute approximate surface area is 78.0 Å². The largest absolute Gasteiger partial charge is 0.240 e. The third-order valence-electron chi connectivity index (χ3n) is 1.74. The Morgan fingerprint density at radius 1 is 1.23 bits per heavy atom. The minimum Gasteiger partial charge on any atom is -0.240 e. The fourth-order valence-corrected chi connectivity index (χ4v) is 1.61. The molecule has 0 aromatic carbocycles. The summed E-state index contributed by atoms with van der Waals surface area (Å²) in [6.07, 6.45) is 3.45. The van der Waals surface area contributed by atoms with Crippen LogP contribution in [0, 0.1) is 0 Å². The maximum absolute atomic E-state index is 11.3. The van der Waals surface area contributed by atoms with E-state index in [1.165, 1.54) is 12.4 Å². The second-order valence-corrected chi connectivity index (χ2v) is 4.87. The lowest BCUT2D eigenvalue weighted by Crippen LogP contribution is -2.05. The van der Waals surface area contributed by atoms with E-state index in [2.05, 4.69) is 9.97 Å². The molecule has 5 heteroatoms. The number of hydrogen-bond donors (Lipinski definition) is 0. The topological polar surface area (TPSA) is 59.9 Å². The Bertz CT molecular complexity index is 370. The van der Waals surface area contributed by atoms with E-state index < -0.39 is 9.84 Å². The second kappa shape index (κ2) is 3.83.